The summed E-state index contributed by atoms with van der Waals surface area (Å²) in [4.78, 5) is 27.4. The van der Waals surface area contributed by atoms with E-state index >= 15 is 0 Å². The van der Waals surface area contributed by atoms with Gasteiger partial charge in [0, 0.05) is 12.1 Å². The molecule has 2 aromatic rings. The number of unbranched alkanes of at least 4 members (excludes halogenated alkanes) is 1. The predicted octanol–water partition coefficient (Wildman–Crippen LogP) is 5.26. The highest BCUT2D eigenvalue weighted by molar-refractivity contribution is 6.46. The number of aliphatic hydroxyl groups is 1. The van der Waals surface area contributed by atoms with E-state index in [0.29, 0.717) is 17.9 Å². The van der Waals surface area contributed by atoms with Gasteiger partial charge in [-0.25, -0.2) is 0 Å². The maximum Gasteiger partial charge on any atom is 0.295 e. The zero-order valence-corrected chi connectivity index (χ0v) is 18.7. The van der Waals surface area contributed by atoms with E-state index in [-0.39, 0.29) is 17.4 Å². The van der Waals surface area contributed by atoms with Crippen LogP contribution in [0.2, 0.25) is 0 Å². The molecule has 164 valence electrons. The van der Waals surface area contributed by atoms with E-state index in [1.54, 1.807) is 29.2 Å². The van der Waals surface area contributed by atoms with E-state index in [9.17, 15) is 14.7 Å². The summed E-state index contributed by atoms with van der Waals surface area (Å²) in [6.07, 6.45) is 2.63. The topological polar surface area (TPSA) is 66.8 Å². The fourth-order valence-electron chi connectivity index (χ4n) is 3.84. The predicted molar refractivity (Wildman–Crippen MR) is 122 cm³/mol. The van der Waals surface area contributed by atoms with Gasteiger partial charge < -0.3 is 14.7 Å². The van der Waals surface area contributed by atoms with Crippen molar-refractivity contribution in [2.75, 3.05) is 6.54 Å². The normalized spacial score (nSPS) is 18.1. The van der Waals surface area contributed by atoms with Crippen LogP contribution in [0, 0.1) is 0 Å². The number of hydrogen-bond donors (Lipinski definition) is 1. The molecule has 1 saturated heterocycles. The molecule has 0 saturated carbocycles. The number of carbonyl (C=O) groups is 2. The quantitative estimate of drug-likeness (QED) is 0.359. The SMILES string of the molecule is CCCCN1C(=O)C(=O)/C(=C(\O)c2ccc(OC(C)C)cc2)C1c1ccc(CC)cc1. The number of aryl methyl sites for hydroxylation is 1. The van der Waals surface area contributed by atoms with Crippen LogP contribution >= 0.6 is 0 Å². The van der Waals surface area contributed by atoms with Crippen molar-refractivity contribution >= 4 is 17.4 Å². The van der Waals surface area contributed by atoms with Gasteiger partial charge in [-0.3, -0.25) is 9.59 Å². The molecular weight excluding hydrogens is 390 g/mol. The van der Waals surface area contributed by atoms with E-state index in [4.69, 9.17) is 4.74 Å². The monoisotopic (exact) mass is 421 g/mol. The fourth-order valence-corrected chi connectivity index (χ4v) is 3.84. The lowest BCUT2D eigenvalue weighted by molar-refractivity contribution is -0.139. The average molecular weight is 422 g/mol. The Kier molecular flexibility index (Phi) is 7.16. The first-order chi connectivity index (χ1) is 14.9. The standard InChI is InChI=1S/C26H31NO4/c1-5-7-16-27-23(19-10-8-18(6-2)9-11-19)22(25(29)26(27)30)24(28)20-12-14-21(15-13-20)31-17(3)4/h8-15,17,23,28H,5-7,16H2,1-4H3/b24-22-. The van der Waals surface area contributed by atoms with Gasteiger partial charge in [0.1, 0.15) is 11.5 Å². The van der Waals surface area contributed by atoms with Crippen LogP contribution in [0.1, 0.15) is 63.3 Å². The molecule has 3 rings (SSSR count). The average Bonchev–Trinajstić information content (AvgIpc) is 3.02. The van der Waals surface area contributed by atoms with Crippen LogP contribution in [0.5, 0.6) is 5.75 Å². The summed E-state index contributed by atoms with van der Waals surface area (Å²) >= 11 is 0. The second kappa shape index (κ2) is 9.82. The summed E-state index contributed by atoms with van der Waals surface area (Å²) < 4.78 is 5.66. The highest BCUT2D eigenvalue weighted by atomic mass is 16.5. The molecule has 2 aromatic carbocycles. The summed E-state index contributed by atoms with van der Waals surface area (Å²) in [6, 6.07) is 14.3. The molecular formula is C26H31NO4. The third-order valence-electron chi connectivity index (χ3n) is 5.50. The lowest BCUT2D eigenvalue weighted by Gasteiger charge is -2.25. The van der Waals surface area contributed by atoms with Crippen LogP contribution in [0.3, 0.4) is 0 Å². The molecule has 1 atom stereocenters. The van der Waals surface area contributed by atoms with Gasteiger partial charge in [0.2, 0.25) is 0 Å². The maximum absolute atomic E-state index is 13.0. The number of carbonyl (C=O) groups excluding carboxylic acids is 2. The van der Waals surface area contributed by atoms with Gasteiger partial charge >= 0.3 is 0 Å². The Labute approximate surface area is 184 Å². The Morgan fingerprint density at radius 3 is 2.23 bits per heavy atom. The number of nitrogens with zero attached hydrogens (tertiary/aromatic N) is 1. The molecule has 0 aliphatic carbocycles. The van der Waals surface area contributed by atoms with E-state index in [1.165, 1.54) is 5.56 Å². The van der Waals surface area contributed by atoms with Crippen LogP contribution in [0.25, 0.3) is 5.76 Å². The van der Waals surface area contributed by atoms with Crippen molar-refractivity contribution in [1.82, 2.24) is 4.90 Å². The number of ether oxygens (including phenoxy) is 1. The third kappa shape index (κ3) is 4.82. The van der Waals surface area contributed by atoms with E-state index in [1.807, 2.05) is 45.0 Å². The second-order valence-electron chi connectivity index (χ2n) is 8.13. The number of aliphatic hydroxyl groups excluding tert-OH is 1. The molecule has 0 radical (unpaired) electrons. The molecule has 1 unspecified atom stereocenters. The number of likely N-dealkylation sites (tertiary alicyclic amines) is 1. The second-order valence-corrected chi connectivity index (χ2v) is 8.13. The lowest BCUT2D eigenvalue weighted by Crippen LogP contribution is -2.30. The summed E-state index contributed by atoms with van der Waals surface area (Å²) in [6.45, 7) is 8.47. The largest absolute Gasteiger partial charge is 0.507 e. The molecule has 1 N–H and O–H groups in total. The van der Waals surface area contributed by atoms with Gasteiger partial charge in [0.25, 0.3) is 11.7 Å². The highest BCUT2D eigenvalue weighted by Crippen LogP contribution is 2.39. The molecule has 0 spiro atoms. The number of rotatable bonds is 8. The van der Waals surface area contributed by atoms with Gasteiger partial charge in [-0.2, -0.15) is 0 Å². The summed E-state index contributed by atoms with van der Waals surface area (Å²) in [5.74, 6) is -0.667. The lowest BCUT2D eigenvalue weighted by atomic mass is 9.94. The van der Waals surface area contributed by atoms with Crippen molar-refractivity contribution in [3.8, 4) is 5.75 Å². The zero-order valence-electron chi connectivity index (χ0n) is 18.7. The molecule has 1 aliphatic heterocycles. The van der Waals surface area contributed by atoms with Gasteiger partial charge in [0.05, 0.1) is 17.7 Å². The van der Waals surface area contributed by atoms with E-state index in [0.717, 1.165) is 24.8 Å². The van der Waals surface area contributed by atoms with Gasteiger partial charge in [-0.15, -0.1) is 0 Å². The van der Waals surface area contributed by atoms with Crippen LogP contribution in [-0.4, -0.2) is 34.3 Å². The first-order valence-electron chi connectivity index (χ1n) is 11.0. The number of hydrogen-bond acceptors (Lipinski definition) is 4. The number of benzene rings is 2. The van der Waals surface area contributed by atoms with Crippen LogP contribution in [0.15, 0.2) is 54.1 Å². The first kappa shape index (κ1) is 22.6. The molecule has 0 bridgehead atoms. The first-order valence-corrected chi connectivity index (χ1v) is 11.0. The Balaban J connectivity index is 2.06. The smallest absolute Gasteiger partial charge is 0.295 e. The summed E-state index contributed by atoms with van der Waals surface area (Å²) in [5, 5.41) is 11.1. The summed E-state index contributed by atoms with van der Waals surface area (Å²) in [7, 11) is 0. The molecule has 31 heavy (non-hydrogen) atoms. The van der Waals surface area contributed by atoms with Crippen LogP contribution < -0.4 is 4.74 Å². The van der Waals surface area contributed by atoms with Crippen molar-refractivity contribution in [1.29, 1.82) is 0 Å². The van der Waals surface area contributed by atoms with Crippen molar-refractivity contribution < 1.29 is 19.4 Å². The number of ketones is 1. The van der Waals surface area contributed by atoms with Crippen LogP contribution in [0.4, 0.5) is 0 Å². The zero-order chi connectivity index (χ0) is 22.5. The molecule has 1 fully saturated rings. The molecule has 1 aliphatic rings. The molecule has 5 nitrogen and oxygen atoms in total. The molecule has 1 heterocycles. The van der Waals surface area contributed by atoms with Gasteiger partial charge in [-0.1, -0.05) is 44.5 Å². The molecule has 1 amide bonds. The minimum absolute atomic E-state index is 0.0365. The Hall–Kier alpha value is -3.08. The van der Waals surface area contributed by atoms with E-state index in [2.05, 4.69) is 6.92 Å². The number of Topliss-reactive ketones (excluding diaryl/α,β-unsaturated/α-hetero) is 1. The van der Waals surface area contributed by atoms with Gasteiger partial charge in [0.15, 0.2) is 0 Å². The van der Waals surface area contributed by atoms with E-state index < -0.39 is 17.7 Å². The Morgan fingerprint density at radius 1 is 1.03 bits per heavy atom. The van der Waals surface area contributed by atoms with Gasteiger partial charge in [-0.05, 0) is 62.1 Å². The minimum atomic E-state index is -0.638. The van der Waals surface area contributed by atoms with Crippen molar-refractivity contribution in [3.05, 3.63) is 70.8 Å². The fraction of sp³-hybridized carbons (Fsp3) is 0.385. The van der Waals surface area contributed by atoms with Crippen molar-refractivity contribution in [2.45, 2.75) is 59.1 Å². The van der Waals surface area contributed by atoms with Crippen molar-refractivity contribution in [2.24, 2.45) is 0 Å². The highest BCUT2D eigenvalue weighted by Gasteiger charge is 2.45. The number of amides is 1. The summed E-state index contributed by atoms with van der Waals surface area (Å²) in [5.41, 5.74) is 2.63. The minimum Gasteiger partial charge on any atom is -0.507 e. The molecule has 0 aromatic heterocycles. The Morgan fingerprint density at radius 2 is 1.68 bits per heavy atom. The maximum atomic E-state index is 13.0. The van der Waals surface area contributed by atoms with Crippen LogP contribution in [-0.2, 0) is 16.0 Å². The van der Waals surface area contributed by atoms with Crippen molar-refractivity contribution in [3.63, 3.8) is 0 Å². The third-order valence-corrected chi connectivity index (χ3v) is 5.50. The Bertz CT molecular complexity index is 958. The molecule has 5 heteroatoms.